The normalized spacial score (nSPS) is 17.2. The molecule has 1 aliphatic rings. The third kappa shape index (κ3) is 4.20. The quantitative estimate of drug-likeness (QED) is 0.634. The van der Waals surface area contributed by atoms with Gasteiger partial charge < -0.3 is 16.0 Å². The van der Waals surface area contributed by atoms with E-state index < -0.39 is 0 Å². The van der Waals surface area contributed by atoms with Crippen LogP contribution >= 0.6 is 34.8 Å². The maximum absolute atomic E-state index is 13.0. The van der Waals surface area contributed by atoms with Crippen molar-refractivity contribution >= 4 is 57.8 Å². The van der Waals surface area contributed by atoms with Gasteiger partial charge in [-0.3, -0.25) is 4.79 Å². The number of carbonyl (C=O) groups excluding carboxylic acids is 1. The first kappa shape index (κ1) is 19.2. The predicted octanol–water partition coefficient (Wildman–Crippen LogP) is 5.72. The Morgan fingerprint density at radius 2 is 1.88 bits per heavy atom. The van der Waals surface area contributed by atoms with Gasteiger partial charge in [-0.2, -0.15) is 0 Å². The monoisotopic (exact) mass is 411 g/mol. The zero-order valence-electron chi connectivity index (χ0n) is 14.4. The largest absolute Gasteiger partial charge is 0.399 e. The van der Waals surface area contributed by atoms with Crippen molar-refractivity contribution in [1.82, 2.24) is 0 Å². The van der Waals surface area contributed by atoms with E-state index in [1.165, 1.54) is 18.6 Å². The van der Waals surface area contributed by atoms with Gasteiger partial charge in [0.1, 0.15) is 0 Å². The maximum atomic E-state index is 13.0. The molecule has 1 heterocycles. The minimum absolute atomic E-state index is 0.285. The van der Waals surface area contributed by atoms with E-state index in [2.05, 4.69) is 17.1 Å². The fourth-order valence-corrected chi connectivity index (χ4v) is 4.17. The molecule has 0 saturated carbocycles. The third-order valence-electron chi connectivity index (χ3n) is 4.51. The summed E-state index contributed by atoms with van der Waals surface area (Å²) in [4.78, 5) is 15.2. The number of nitrogens with zero attached hydrogens (tertiary/aromatic N) is 1. The van der Waals surface area contributed by atoms with E-state index >= 15 is 0 Å². The lowest BCUT2D eigenvalue weighted by molar-refractivity contribution is 0.102. The van der Waals surface area contributed by atoms with Crippen LogP contribution in [0, 0.1) is 5.92 Å². The molecule has 0 aromatic heterocycles. The molecule has 0 aliphatic carbocycles. The van der Waals surface area contributed by atoms with E-state index in [9.17, 15) is 4.79 Å². The van der Waals surface area contributed by atoms with Gasteiger partial charge >= 0.3 is 0 Å². The second kappa shape index (κ2) is 7.95. The Morgan fingerprint density at radius 3 is 2.54 bits per heavy atom. The van der Waals surface area contributed by atoms with Crippen molar-refractivity contribution < 1.29 is 4.79 Å². The average molecular weight is 413 g/mol. The Balaban J connectivity index is 1.93. The van der Waals surface area contributed by atoms with E-state index in [4.69, 9.17) is 40.5 Å². The van der Waals surface area contributed by atoms with Crippen LogP contribution in [0.3, 0.4) is 0 Å². The molecular formula is C19H20Cl3N3O. The number of benzene rings is 2. The Morgan fingerprint density at radius 1 is 1.19 bits per heavy atom. The molecule has 4 nitrogen and oxygen atoms in total. The second-order valence-corrected chi connectivity index (χ2v) is 7.92. The molecule has 7 heteroatoms. The van der Waals surface area contributed by atoms with Crippen LogP contribution in [0.1, 0.15) is 30.1 Å². The highest BCUT2D eigenvalue weighted by molar-refractivity contribution is 6.42. The van der Waals surface area contributed by atoms with Crippen molar-refractivity contribution in [3.63, 3.8) is 0 Å². The molecule has 1 amide bonds. The Bertz CT molecular complexity index is 818. The molecule has 1 fully saturated rings. The summed E-state index contributed by atoms with van der Waals surface area (Å²) in [5.41, 5.74) is 8.15. The first-order chi connectivity index (χ1) is 12.3. The first-order valence-corrected chi connectivity index (χ1v) is 9.59. The maximum Gasteiger partial charge on any atom is 0.257 e. The van der Waals surface area contributed by atoms with Crippen molar-refractivity contribution in [2.24, 2.45) is 5.92 Å². The number of piperidine rings is 1. The number of halogens is 3. The van der Waals surface area contributed by atoms with Gasteiger partial charge in [-0.05, 0) is 49.1 Å². The highest BCUT2D eigenvalue weighted by Gasteiger charge is 2.23. The van der Waals surface area contributed by atoms with Crippen molar-refractivity contribution in [3.05, 3.63) is 51.0 Å². The van der Waals surface area contributed by atoms with Gasteiger partial charge in [0.15, 0.2) is 0 Å². The number of hydrogen-bond acceptors (Lipinski definition) is 3. The standard InChI is InChI=1S/C19H20Cl3N3O/c1-11-3-2-6-25(10-11)17-5-4-13(23)9-14(17)19(26)24-18-15(21)7-12(20)8-16(18)22/h4-5,7-9,11H,2-3,6,10,23H2,1H3,(H,24,26)/t11-/m0/s1. The highest BCUT2D eigenvalue weighted by atomic mass is 35.5. The molecule has 1 atom stereocenters. The van der Waals surface area contributed by atoms with E-state index in [0.29, 0.717) is 27.9 Å². The second-order valence-electron chi connectivity index (χ2n) is 6.67. The number of hydrogen-bond donors (Lipinski definition) is 2. The number of nitrogens with two attached hydrogens (primary N) is 1. The van der Waals surface area contributed by atoms with E-state index in [-0.39, 0.29) is 16.0 Å². The summed E-state index contributed by atoms with van der Waals surface area (Å²) in [5.74, 6) is 0.272. The third-order valence-corrected chi connectivity index (χ3v) is 5.32. The molecular weight excluding hydrogens is 393 g/mol. The van der Waals surface area contributed by atoms with Crippen LogP contribution in [-0.2, 0) is 0 Å². The molecule has 3 N–H and O–H groups in total. The lowest BCUT2D eigenvalue weighted by Gasteiger charge is -2.34. The fourth-order valence-electron chi connectivity index (χ4n) is 3.26. The van der Waals surface area contributed by atoms with Crippen molar-refractivity contribution in [2.45, 2.75) is 19.8 Å². The molecule has 1 saturated heterocycles. The molecule has 3 rings (SSSR count). The lowest BCUT2D eigenvalue weighted by atomic mass is 9.98. The summed E-state index contributed by atoms with van der Waals surface area (Å²) in [6.07, 6.45) is 2.30. The topological polar surface area (TPSA) is 58.4 Å². The van der Waals surface area contributed by atoms with Crippen molar-refractivity contribution in [3.8, 4) is 0 Å². The molecule has 1 aliphatic heterocycles. The zero-order chi connectivity index (χ0) is 18.8. The van der Waals surface area contributed by atoms with Crippen LogP contribution in [-0.4, -0.2) is 19.0 Å². The molecule has 2 aromatic carbocycles. The van der Waals surface area contributed by atoms with Crippen LogP contribution in [0.2, 0.25) is 15.1 Å². The van der Waals surface area contributed by atoms with E-state index in [0.717, 1.165) is 25.2 Å². The number of nitrogens with one attached hydrogen (secondary N) is 1. The highest BCUT2D eigenvalue weighted by Crippen LogP contribution is 2.35. The number of carbonyl (C=O) groups is 1. The predicted molar refractivity (Wildman–Crippen MR) is 111 cm³/mol. The van der Waals surface area contributed by atoms with Crippen molar-refractivity contribution in [1.29, 1.82) is 0 Å². The molecule has 0 spiro atoms. The Hall–Kier alpha value is -1.62. The van der Waals surface area contributed by atoms with Gasteiger partial charge in [-0.1, -0.05) is 41.7 Å². The van der Waals surface area contributed by atoms with E-state index in [1.54, 1.807) is 6.07 Å². The summed E-state index contributed by atoms with van der Waals surface area (Å²) in [6, 6.07) is 8.47. The Labute approximate surface area is 168 Å². The zero-order valence-corrected chi connectivity index (χ0v) is 16.6. The van der Waals surface area contributed by atoms with Crippen LogP contribution in [0.25, 0.3) is 0 Å². The molecule has 0 unspecified atom stereocenters. The minimum atomic E-state index is -0.309. The van der Waals surface area contributed by atoms with Crippen LogP contribution in [0.5, 0.6) is 0 Å². The van der Waals surface area contributed by atoms with Gasteiger partial charge in [0, 0.05) is 29.5 Å². The Kier molecular flexibility index (Phi) is 5.86. The fraction of sp³-hybridized carbons (Fsp3) is 0.316. The molecule has 0 radical (unpaired) electrons. The summed E-state index contributed by atoms with van der Waals surface area (Å²) < 4.78 is 0. The summed E-state index contributed by atoms with van der Waals surface area (Å²) in [5, 5.41) is 3.77. The average Bonchev–Trinajstić information content (AvgIpc) is 2.57. The molecule has 0 bridgehead atoms. The van der Waals surface area contributed by atoms with Gasteiger partial charge in [-0.15, -0.1) is 0 Å². The van der Waals surface area contributed by atoms with Gasteiger partial charge in [0.25, 0.3) is 5.91 Å². The first-order valence-electron chi connectivity index (χ1n) is 8.45. The van der Waals surface area contributed by atoms with E-state index in [1.807, 2.05) is 12.1 Å². The SMILES string of the molecule is C[C@H]1CCCN(c2ccc(N)cc2C(=O)Nc2c(Cl)cc(Cl)cc2Cl)C1. The molecule has 2 aromatic rings. The number of amides is 1. The minimum Gasteiger partial charge on any atom is -0.399 e. The smallest absolute Gasteiger partial charge is 0.257 e. The number of rotatable bonds is 3. The van der Waals surface area contributed by atoms with Gasteiger partial charge in [-0.25, -0.2) is 0 Å². The van der Waals surface area contributed by atoms with Crippen molar-refractivity contribution in [2.75, 3.05) is 29.0 Å². The van der Waals surface area contributed by atoms with Crippen LogP contribution < -0.4 is 16.0 Å². The summed E-state index contributed by atoms with van der Waals surface area (Å²) >= 11 is 18.3. The lowest BCUT2D eigenvalue weighted by Crippen LogP contribution is -2.35. The number of nitrogen functional groups attached to an aromatic ring is 1. The van der Waals surface area contributed by atoms with Gasteiger partial charge in [0.2, 0.25) is 0 Å². The van der Waals surface area contributed by atoms with Crippen LogP contribution in [0.4, 0.5) is 17.1 Å². The van der Waals surface area contributed by atoms with Gasteiger partial charge in [0.05, 0.1) is 21.3 Å². The molecule has 138 valence electrons. The summed E-state index contributed by atoms with van der Waals surface area (Å²) in [7, 11) is 0. The van der Waals surface area contributed by atoms with Crippen LogP contribution in [0.15, 0.2) is 30.3 Å². The summed E-state index contributed by atoms with van der Waals surface area (Å²) in [6.45, 7) is 4.04. The molecule has 26 heavy (non-hydrogen) atoms. The number of anilines is 3.